The zero-order chi connectivity index (χ0) is 17.9. The minimum Gasteiger partial charge on any atom is -0.326 e. The molecule has 3 rings (SSSR count). The average Bonchev–Trinajstić information content (AvgIpc) is 3.08. The molecular weight excluding hydrogens is 338 g/mol. The Morgan fingerprint density at radius 1 is 1.24 bits per heavy atom. The van der Waals surface area contributed by atoms with Crippen molar-refractivity contribution in [2.75, 3.05) is 38.5 Å². The van der Waals surface area contributed by atoms with Gasteiger partial charge in [0.15, 0.2) is 0 Å². The Kier molecular flexibility index (Phi) is 5.56. The van der Waals surface area contributed by atoms with Crippen molar-refractivity contribution in [2.45, 2.75) is 24.2 Å². The summed E-state index contributed by atoms with van der Waals surface area (Å²) >= 11 is 0. The maximum absolute atomic E-state index is 12.8. The number of allylic oxidation sites excluding steroid dienone is 2. The number of nitrogens with one attached hydrogen (secondary N) is 1. The van der Waals surface area contributed by atoms with E-state index in [1.807, 2.05) is 7.05 Å². The number of amides is 1. The van der Waals surface area contributed by atoms with Crippen LogP contribution in [0.2, 0.25) is 0 Å². The molecule has 1 aliphatic heterocycles. The highest BCUT2D eigenvalue weighted by Gasteiger charge is 2.27. The van der Waals surface area contributed by atoms with Gasteiger partial charge in [-0.2, -0.15) is 4.31 Å². The molecule has 7 heteroatoms. The lowest BCUT2D eigenvalue weighted by atomic mass is 10.1. The largest absolute Gasteiger partial charge is 0.326 e. The van der Waals surface area contributed by atoms with Crippen molar-refractivity contribution in [2.24, 2.45) is 5.92 Å². The van der Waals surface area contributed by atoms with Crippen LogP contribution in [0.1, 0.15) is 19.3 Å². The van der Waals surface area contributed by atoms with Gasteiger partial charge in [0.25, 0.3) is 0 Å². The van der Waals surface area contributed by atoms with Gasteiger partial charge in [-0.3, -0.25) is 4.79 Å². The molecule has 0 spiro atoms. The van der Waals surface area contributed by atoms with Gasteiger partial charge in [-0.1, -0.05) is 18.2 Å². The van der Waals surface area contributed by atoms with E-state index in [0.717, 1.165) is 25.9 Å². The van der Waals surface area contributed by atoms with Gasteiger partial charge in [0.05, 0.1) is 4.90 Å². The van der Waals surface area contributed by atoms with Crippen molar-refractivity contribution < 1.29 is 13.2 Å². The maximum atomic E-state index is 12.8. The third-order valence-corrected chi connectivity index (χ3v) is 6.67. The fourth-order valence-electron chi connectivity index (χ4n) is 3.23. The molecule has 25 heavy (non-hydrogen) atoms. The summed E-state index contributed by atoms with van der Waals surface area (Å²) in [7, 11) is -1.54. The molecule has 1 saturated heterocycles. The molecule has 1 N–H and O–H groups in total. The highest BCUT2D eigenvalue weighted by Crippen LogP contribution is 2.23. The second-order valence-electron chi connectivity index (χ2n) is 6.75. The summed E-state index contributed by atoms with van der Waals surface area (Å²) in [5.41, 5.74) is 0.530. The van der Waals surface area contributed by atoms with Crippen LogP contribution in [0.15, 0.2) is 41.3 Å². The van der Waals surface area contributed by atoms with Crippen LogP contribution in [0.25, 0.3) is 0 Å². The quantitative estimate of drug-likeness (QED) is 0.812. The number of anilines is 1. The van der Waals surface area contributed by atoms with E-state index in [4.69, 9.17) is 0 Å². The minimum atomic E-state index is -3.52. The fraction of sp³-hybridized carbons (Fsp3) is 0.500. The van der Waals surface area contributed by atoms with E-state index in [0.29, 0.717) is 25.2 Å². The molecule has 1 aromatic rings. The van der Waals surface area contributed by atoms with Gasteiger partial charge in [0.1, 0.15) is 0 Å². The number of carbonyl (C=O) groups is 1. The Morgan fingerprint density at radius 3 is 2.68 bits per heavy atom. The number of sulfonamides is 1. The number of hydrogen-bond donors (Lipinski definition) is 1. The summed E-state index contributed by atoms with van der Waals surface area (Å²) in [5.74, 6) is 0.211. The predicted octanol–water partition coefficient (Wildman–Crippen LogP) is 1.92. The van der Waals surface area contributed by atoms with E-state index in [2.05, 4.69) is 22.4 Å². The van der Waals surface area contributed by atoms with Crippen LogP contribution in [0.3, 0.4) is 0 Å². The normalized spacial score (nSPS) is 22.2. The topological polar surface area (TPSA) is 69.7 Å². The first-order valence-electron chi connectivity index (χ1n) is 8.70. The number of benzene rings is 1. The molecule has 6 nitrogen and oxygen atoms in total. The van der Waals surface area contributed by atoms with Crippen LogP contribution >= 0.6 is 0 Å². The molecule has 1 aromatic carbocycles. The summed E-state index contributed by atoms with van der Waals surface area (Å²) in [4.78, 5) is 14.5. The van der Waals surface area contributed by atoms with Crippen LogP contribution < -0.4 is 5.32 Å². The SMILES string of the molecule is CN1CCN(S(=O)(=O)c2cccc(NC(=O)C[C@@H]3C=CCC3)c2)CC1. The van der Waals surface area contributed by atoms with E-state index in [-0.39, 0.29) is 16.7 Å². The second kappa shape index (κ2) is 7.68. The van der Waals surface area contributed by atoms with E-state index >= 15 is 0 Å². The zero-order valence-corrected chi connectivity index (χ0v) is 15.3. The Labute approximate surface area is 149 Å². The zero-order valence-electron chi connectivity index (χ0n) is 14.5. The molecule has 0 saturated carbocycles. The Morgan fingerprint density at radius 2 is 2.00 bits per heavy atom. The Hall–Kier alpha value is -1.70. The Balaban J connectivity index is 1.68. The summed E-state index contributed by atoms with van der Waals surface area (Å²) in [5, 5.41) is 2.83. The van der Waals surface area contributed by atoms with Gasteiger partial charge < -0.3 is 10.2 Å². The minimum absolute atomic E-state index is 0.0781. The molecular formula is C18H25N3O3S. The van der Waals surface area contributed by atoms with E-state index in [1.54, 1.807) is 24.3 Å². The molecule has 2 aliphatic rings. The summed E-state index contributed by atoms with van der Waals surface area (Å²) < 4.78 is 27.1. The molecule has 1 heterocycles. The van der Waals surface area contributed by atoms with Gasteiger partial charge in [-0.15, -0.1) is 0 Å². The van der Waals surface area contributed by atoms with Crippen LogP contribution in [0.4, 0.5) is 5.69 Å². The van der Waals surface area contributed by atoms with Crippen LogP contribution in [-0.2, 0) is 14.8 Å². The molecule has 136 valence electrons. The van der Waals surface area contributed by atoms with Crippen molar-refractivity contribution in [1.29, 1.82) is 0 Å². The van der Waals surface area contributed by atoms with Crippen molar-refractivity contribution in [3.8, 4) is 0 Å². The summed E-state index contributed by atoms with van der Waals surface area (Å²) in [6, 6.07) is 6.54. The fourth-order valence-corrected chi connectivity index (χ4v) is 4.70. The van der Waals surface area contributed by atoms with Gasteiger partial charge in [0, 0.05) is 38.3 Å². The summed E-state index contributed by atoms with van der Waals surface area (Å²) in [6.07, 6.45) is 6.64. The van der Waals surface area contributed by atoms with Crippen LogP contribution in [0, 0.1) is 5.92 Å². The second-order valence-corrected chi connectivity index (χ2v) is 8.69. The highest BCUT2D eigenvalue weighted by molar-refractivity contribution is 7.89. The number of piperazine rings is 1. The van der Waals surface area contributed by atoms with Gasteiger partial charge in [-0.05, 0) is 44.0 Å². The van der Waals surface area contributed by atoms with Crippen molar-refractivity contribution in [3.05, 3.63) is 36.4 Å². The molecule has 0 unspecified atom stereocenters. The lowest BCUT2D eigenvalue weighted by molar-refractivity contribution is -0.116. The molecule has 0 aromatic heterocycles. The maximum Gasteiger partial charge on any atom is 0.243 e. The Bertz CT molecular complexity index is 753. The summed E-state index contributed by atoms with van der Waals surface area (Å²) in [6.45, 7) is 2.43. The smallest absolute Gasteiger partial charge is 0.243 e. The number of nitrogens with zero attached hydrogens (tertiary/aromatic N) is 2. The molecule has 0 bridgehead atoms. The van der Waals surface area contributed by atoms with Crippen molar-refractivity contribution in [3.63, 3.8) is 0 Å². The predicted molar refractivity (Wildman–Crippen MR) is 97.8 cm³/mol. The average molecular weight is 363 g/mol. The number of hydrogen-bond acceptors (Lipinski definition) is 4. The van der Waals surface area contributed by atoms with Crippen LogP contribution in [0.5, 0.6) is 0 Å². The molecule has 1 atom stereocenters. The van der Waals surface area contributed by atoms with Gasteiger partial charge >= 0.3 is 0 Å². The van der Waals surface area contributed by atoms with Crippen LogP contribution in [-0.4, -0.2) is 56.8 Å². The lowest BCUT2D eigenvalue weighted by Gasteiger charge is -2.31. The number of likely N-dealkylation sites (N-methyl/N-ethyl adjacent to an activating group) is 1. The molecule has 1 amide bonds. The third kappa shape index (κ3) is 4.48. The van der Waals surface area contributed by atoms with E-state index in [9.17, 15) is 13.2 Å². The lowest BCUT2D eigenvalue weighted by Crippen LogP contribution is -2.47. The third-order valence-electron chi connectivity index (χ3n) is 4.78. The first kappa shape index (κ1) is 18.1. The molecule has 0 radical (unpaired) electrons. The van der Waals surface area contributed by atoms with E-state index in [1.165, 1.54) is 4.31 Å². The molecule has 1 aliphatic carbocycles. The number of carbonyl (C=O) groups excluding carboxylic acids is 1. The van der Waals surface area contributed by atoms with E-state index < -0.39 is 10.0 Å². The first-order chi connectivity index (χ1) is 11.9. The highest BCUT2D eigenvalue weighted by atomic mass is 32.2. The first-order valence-corrected chi connectivity index (χ1v) is 10.1. The van der Waals surface area contributed by atoms with Crippen molar-refractivity contribution in [1.82, 2.24) is 9.21 Å². The monoisotopic (exact) mass is 363 g/mol. The molecule has 1 fully saturated rings. The van der Waals surface area contributed by atoms with Gasteiger partial charge in [0.2, 0.25) is 15.9 Å². The number of rotatable bonds is 5. The van der Waals surface area contributed by atoms with Crippen molar-refractivity contribution >= 4 is 21.6 Å². The standard InChI is InChI=1S/C18H25N3O3S/c1-20-9-11-21(12-10-20)25(23,24)17-8-4-7-16(14-17)19-18(22)13-15-5-2-3-6-15/h2,4-5,7-8,14-15H,3,6,9-13H2,1H3,(H,19,22)/t15-/m1/s1. The van der Waals surface area contributed by atoms with Gasteiger partial charge in [-0.25, -0.2) is 8.42 Å².